The molecule has 3 nitrogen and oxygen atoms in total. The highest BCUT2D eigenvalue weighted by Crippen LogP contribution is 2.39. The maximum absolute atomic E-state index is 5.55. The van der Waals surface area contributed by atoms with Crippen LogP contribution in [-0.4, -0.2) is 16.7 Å². The number of methoxy groups -OCH3 is 1. The second-order valence-corrected chi connectivity index (χ2v) is 6.71. The Morgan fingerprint density at radius 1 is 1.00 bits per heavy atom. The van der Waals surface area contributed by atoms with E-state index >= 15 is 0 Å². The molecule has 4 aromatic rings. The molecule has 3 heteroatoms. The summed E-state index contributed by atoms with van der Waals surface area (Å²) < 4.78 is 8.01. The minimum atomic E-state index is 0.826. The van der Waals surface area contributed by atoms with E-state index in [0.717, 1.165) is 29.6 Å². The lowest BCUT2D eigenvalue weighted by Gasteiger charge is -2.10. The topological polar surface area (TPSA) is 27.1 Å². The lowest BCUT2D eigenvalue weighted by molar-refractivity contribution is 0.419. The molecule has 2 heterocycles. The predicted molar refractivity (Wildman–Crippen MR) is 109 cm³/mol. The summed E-state index contributed by atoms with van der Waals surface area (Å²) in [6, 6.07) is 16.8. The third-order valence-electron chi connectivity index (χ3n) is 5.16. The van der Waals surface area contributed by atoms with Gasteiger partial charge < -0.3 is 9.30 Å². The molecular weight excluding hydrogens is 320 g/mol. The highest BCUT2D eigenvalue weighted by molar-refractivity contribution is 6.11. The Labute approximate surface area is 154 Å². The molecule has 132 valence electrons. The second kappa shape index (κ2) is 6.83. The second-order valence-electron chi connectivity index (χ2n) is 6.71. The Hall–Kier alpha value is -2.81. The van der Waals surface area contributed by atoms with Gasteiger partial charge in [0.25, 0.3) is 0 Å². The summed E-state index contributed by atoms with van der Waals surface area (Å²) in [4.78, 5) is 4.76. The van der Waals surface area contributed by atoms with E-state index in [9.17, 15) is 0 Å². The summed E-state index contributed by atoms with van der Waals surface area (Å²) in [5.74, 6) is 0.826. The molecule has 0 aliphatic carbocycles. The Bertz CT molecular complexity index is 1060. The molecule has 0 saturated heterocycles. The highest BCUT2D eigenvalue weighted by Gasteiger charge is 2.19. The summed E-state index contributed by atoms with van der Waals surface area (Å²) in [5.41, 5.74) is 6.02. The molecule has 0 spiro atoms. The van der Waals surface area contributed by atoms with Crippen molar-refractivity contribution in [2.24, 2.45) is 0 Å². The standard InChI is InChI=1S/C23H24N2O/c1-4-5-14-25-16(2)21(17-10-7-6-8-11-17)19-15-24-22-18(23(19)25)12-9-13-20(22)26-3/h6-13,15H,4-5,14H2,1-3H3. The summed E-state index contributed by atoms with van der Waals surface area (Å²) in [6.07, 6.45) is 4.34. The zero-order valence-corrected chi connectivity index (χ0v) is 15.6. The Morgan fingerprint density at radius 2 is 1.81 bits per heavy atom. The first-order valence-corrected chi connectivity index (χ1v) is 9.26. The van der Waals surface area contributed by atoms with Gasteiger partial charge in [-0.15, -0.1) is 0 Å². The summed E-state index contributed by atoms with van der Waals surface area (Å²) in [5, 5.41) is 2.37. The number of nitrogens with zero attached hydrogens (tertiary/aromatic N) is 2. The number of fused-ring (bicyclic) bond motifs is 3. The molecule has 4 rings (SSSR count). The van der Waals surface area contributed by atoms with Crippen molar-refractivity contribution in [1.82, 2.24) is 9.55 Å². The van der Waals surface area contributed by atoms with Crippen LogP contribution in [-0.2, 0) is 6.54 Å². The molecule has 2 aromatic heterocycles. The molecule has 0 atom stereocenters. The van der Waals surface area contributed by atoms with Gasteiger partial charge in [0.2, 0.25) is 0 Å². The fourth-order valence-electron chi connectivity index (χ4n) is 3.88. The van der Waals surface area contributed by atoms with Crippen molar-refractivity contribution in [3.05, 3.63) is 60.4 Å². The van der Waals surface area contributed by atoms with Crippen LogP contribution in [0.1, 0.15) is 25.5 Å². The minimum Gasteiger partial charge on any atom is -0.494 e. The monoisotopic (exact) mass is 344 g/mol. The molecule has 2 aromatic carbocycles. The van der Waals surface area contributed by atoms with E-state index in [2.05, 4.69) is 60.9 Å². The van der Waals surface area contributed by atoms with Crippen molar-refractivity contribution in [1.29, 1.82) is 0 Å². The van der Waals surface area contributed by atoms with Crippen LogP contribution < -0.4 is 4.74 Å². The first-order valence-electron chi connectivity index (χ1n) is 9.26. The predicted octanol–water partition coefficient (Wildman–Crippen LogP) is 5.97. The molecule has 0 amide bonds. The molecule has 0 radical (unpaired) electrons. The van der Waals surface area contributed by atoms with Gasteiger partial charge >= 0.3 is 0 Å². The number of hydrogen-bond acceptors (Lipinski definition) is 2. The molecule has 0 N–H and O–H groups in total. The average Bonchev–Trinajstić information content (AvgIpc) is 2.98. The van der Waals surface area contributed by atoms with Crippen LogP contribution in [0.4, 0.5) is 0 Å². The zero-order chi connectivity index (χ0) is 18.1. The number of para-hydroxylation sites is 1. The number of hydrogen-bond donors (Lipinski definition) is 0. The number of unbranched alkanes of at least 4 members (excludes halogenated alkanes) is 1. The molecule has 0 aliphatic rings. The van der Waals surface area contributed by atoms with Gasteiger partial charge in [-0.25, -0.2) is 0 Å². The highest BCUT2D eigenvalue weighted by atomic mass is 16.5. The number of rotatable bonds is 5. The summed E-state index contributed by atoms with van der Waals surface area (Å²) in [6.45, 7) is 5.48. The van der Waals surface area contributed by atoms with Crippen LogP contribution in [0, 0.1) is 6.92 Å². The Balaban J connectivity index is 2.11. The summed E-state index contributed by atoms with van der Waals surface area (Å²) in [7, 11) is 1.71. The minimum absolute atomic E-state index is 0.826. The molecular formula is C23H24N2O. The van der Waals surface area contributed by atoms with Crippen molar-refractivity contribution in [3.8, 4) is 16.9 Å². The van der Waals surface area contributed by atoms with Gasteiger partial charge in [0.1, 0.15) is 11.3 Å². The van der Waals surface area contributed by atoms with Crippen molar-refractivity contribution < 1.29 is 4.74 Å². The van der Waals surface area contributed by atoms with Crippen LogP contribution in [0.2, 0.25) is 0 Å². The summed E-state index contributed by atoms with van der Waals surface area (Å²) >= 11 is 0. The third-order valence-corrected chi connectivity index (χ3v) is 5.16. The lowest BCUT2D eigenvalue weighted by Crippen LogP contribution is -2.01. The van der Waals surface area contributed by atoms with Gasteiger partial charge in [0.15, 0.2) is 0 Å². The van der Waals surface area contributed by atoms with Crippen molar-refractivity contribution >= 4 is 21.8 Å². The van der Waals surface area contributed by atoms with E-state index < -0.39 is 0 Å². The quantitative estimate of drug-likeness (QED) is 0.446. The Kier molecular flexibility index (Phi) is 4.37. The maximum atomic E-state index is 5.55. The fraction of sp³-hybridized carbons (Fsp3) is 0.261. The molecule has 0 bridgehead atoms. The van der Waals surface area contributed by atoms with Crippen LogP contribution in [0.3, 0.4) is 0 Å². The first-order chi connectivity index (χ1) is 12.8. The SMILES string of the molecule is CCCCn1c(C)c(-c2ccccc2)c2cnc3c(OC)cccc3c21. The van der Waals surface area contributed by atoms with Crippen LogP contribution >= 0.6 is 0 Å². The molecule has 0 aliphatic heterocycles. The van der Waals surface area contributed by atoms with E-state index in [4.69, 9.17) is 9.72 Å². The first kappa shape index (κ1) is 16.6. The zero-order valence-electron chi connectivity index (χ0n) is 15.6. The van der Waals surface area contributed by atoms with Gasteiger partial charge in [-0.05, 0) is 25.0 Å². The molecule has 26 heavy (non-hydrogen) atoms. The van der Waals surface area contributed by atoms with Gasteiger partial charge in [-0.1, -0.05) is 55.8 Å². The van der Waals surface area contributed by atoms with E-state index in [0.29, 0.717) is 0 Å². The smallest absolute Gasteiger partial charge is 0.145 e. The van der Waals surface area contributed by atoms with E-state index in [1.54, 1.807) is 7.11 Å². The van der Waals surface area contributed by atoms with Crippen molar-refractivity contribution in [3.63, 3.8) is 0 Å². The number of aryl methyl sites for hydroxylation is 1. The molecule has 0 saturated carbocycles. The van der Waals surface area contributed by atoms with Gasteiger partial charge in [0.05, 0.1) is 12.6 Å². The van der Waals surface area contributed by atoms with Gasteiger partial charge in [0, 0.05) is 34.8 Å². The molecule has 0 fully saturated rings. The normalized spacial score (nSPS) is 11.3. The van der Waals surface area contributed by atoms with Gasteiger partial charge in [-0.3, -0.25) is 4.98 Å². The Morgan fingerprint density at radius 3 is 2.54 bits per heavy atom. The van der Waals surface area contributed by atoms with Crippen LogP contribution in [0.5, 0.6) is 5.75 Å². The fourth-order valence-corrected chi connectivity index (χ4v) is 3.88. The molecule has 0 unspecified atom stereocenters. The average molecular weight is 344 g/mol. The number of aromatic nitrogens is 2. The largest absolute Gasteiger partial charge is 0.494 e. The third kappa shape index (κ3) is 2.55. The van der Waals surface area contributed by atoms with E-state index in [-0.39, 0.29) is 0 Å². The number of benzene rings is 2. The van der Waals surface area contributed by atoms with Crippen LogP contribution in [0.15, 0.2) is 54.7 Å². The lowest BCUT2D eigenvalue weighted by atomic mass is 10.0. The van der Waals surface area contributed by atoms with Gasteiger partial charge in [-0.2, -0.15) is 0 Å². The van der Waals surface area contributed by atoms with Crippen molar-refractivity contribution in [2.75, 3.05) is 7.11 Å². The van der Waals surface area contributed by atoms with E-state index in [1.165, 1.54) is 34.1 Å². The van der Waals surface area contributed by atoms with Crippen LogP contribution in [0.25, 0.3) is 32.9 Å². The number of ether oxygens (including phenoxy) is 1. The maximum Gasteiger partial charge on any atom is 0.145 e. The van der Waals surface area contributed by atoms with Crippen molar-refractivity contribution in [2.45, 2.75) is 33.2 Å². The van der Waals surface area contributed by atoms with E-state index in [1.807, 2.05) is 12.3 Å². The number of pyridine rings is 1.